The summed E-state index contributed by atoms with van der Waals surface area (Å²) in [5.41, 5.74) is 2.16. The van der Waals surface area contributed by atoms with E-state index in [9.17, 15) is 9.90 Å². The predicted molar refractivity (Wildman–Crippen MR) is 109 cm³/mol. The van der Waals surface area contributed by atoms with Crippen molar-refractivity contribution in [3.05, 3.63) is 53.7 Å². The Hall–Kier alpha value is -2.60. The van der Waals surface area contributed by atoms with Crippen LogP contribution in [0, 0.1) is 6.92 Å². The summed E-state index contributed by atoms with van der Waals surface area (Å²) in [6.45, 7) is 5.78. The van der Waals surface area contributed by atoms with E-state index < -0.39 is 5.60 Å². The Bertz CT molecular complexity index is 1010. The fourth-order valence-corrected chi connectivity index (χ4v) is 4.24. The van der Waals surface area contributed by atoms with Crippen LogP contribution in [0.4, 0.5) is 0 Å². The smallest absolute Gasteiger partial charge is 0.270 e. The molecule has 148 valence electrons. The van der Waals surface area contributed by atoms with Gasteiger partial charge in [-0.15, -0.1) is 0 Å². The Morgan fingerprint density at radius 1 is 1.25 bits per heavy atom. The number of amides is 1. The first-order valence-corrected chi connectivity index (χ1v) is 9.98. The predicted octanol–water partition coefficient (Wildman–Crippen LogP) is 2.91. The average molecular weight is 380 g/mol. The fourth-order valence-electron chi connectivity index (χ4n) is 4.24. The molecule has 6 heteroatoms. The Balaban J connectivity index is 1.47. The molecule has 3 aromatic rings. The molecule has 0 bridgehead atoms. The molecular formula is C22H28N4O2. The van der Waals surface area contributed by atoms with E-state index in [1.54, 1.807) is 6.20 Å². The Morgan fingerprint density at radius 2 is 2.00 bits per heavy atom. The van der Waals surface area contributed by atoms with Crippen molar-refractivity contribution < 1.29 is 9.90 Å². The van der Waals surface area contributed by atoms with Gasteiger partial charge >= 0.3 is 0 Å². The van der Waals surface area contributed by atoms with Crippen LogP contribution in [0.15, 0.2) is 36.7 Å². The molecule has 1 amide bonds. The number of hydrogen-bond donors (Lipinski definition) is 1. The first-order chi connectivity index (χ1) is 13.4. The highest BCUT2D eigenvalue weighted by molar-refractivity contribution is 5.98. The average Bonchev–Trinajstić information content (AvgIpc) is 3.25. The molecule has 1 N–H and O–H groups in total. The van der Waals surface area contributed by atoms with Crippen LogP contribution < -0.4 is 0 Å². The Morgan fingerprint density at radius 3 is 2.71 bits per heavy atom. The van der Waals surface area contributed by atoms with Gasteiger partial charge in [0.15, 0.2) is 0 Å². The molecule has 6 nitrogen and oxygen atoms in total. The first kappa shape index (κ1) is 18.7. The summed E-state index contributed by atoms with van der Waals surface area (Å²) in [5, 5.41) is 12.1. The third kappa shape index (κ3) is 3.33. The molecule has 4 rings (SSSR count). The van der Waals surface area contributed by atoms with E-state index >= 15 is 0 Å². The van der Waals surface area contributed by atoms with E-state index in [0.717, 1.165) is 23.1 Å². The zero-order valence-corrected chi connectivity index (χ0v) is 16.9. The van der Waals surface area contributed by atoms with Crippen molar-refractivity contribution in [1.29, 1.82) is 0 Å². The number of imidazole rings is 1. The molecule has 1 aliphatic heterocycles. The molecule has 1 saturated heterocycles. The van der Waals surface area contributed by atoms with Crippen LogP contribution in [0.2, 0.25) is 0 Å². The topological polar surface area (TPSA) is 63.3 Å². The van der Waals surface area contributed by atoms with Gasteiger partial charge in [-0.3, -0.25) is 4.79 Å². The number of aryl methyl sites for hydroxylation is 3. The third-order valence-electron chi connectivity index (χ3n) is 5.98. The molecule has 1 aromatic carbocycles. The van der Waals surface area contributed by atoms with Gasteiger partial charge in [-0.1, -0.05) is 18.6 Å². The van der Waals surface area contributed by atoms with Crippen LogP contribution >= 0.6 is 0 Å². The zero-order valence-electron chi connectivity index (χ0n) is 16.9. The van der Waals surface area contributed by atoms with E-state index in [4.69, 9.17) is 0 Å². The molecule has 0 spiro atoms. The van der Waals surface area contributed by atoms with Crippen LogP contribution in [0.3, 0.4) is 0 Å². The van der Waals surface area contributed by atoms with Gasteiger partial charge < -0.3 is 19.1 Å². The van der Waals surface area contributed by atoms with Crippen molar-refractivity contribution in [2.75, 3.05) is 13.1 Å². The number of nitrogens with zero attached hydrogens (tertiary/aromatic N) is 4. The number of likely N-dealkylation sites (tertiary alicyclic amines) is 1. The van der Waals surface area contributed by atoms with Crippen LogP contribution in [-0.2, 0) is 20.0 Å². The molecule has 1 fully saturated rings. The second kappa shape index (κ2) is 7.09. The second-order valence-corrected chi connectivity index (χ2v) is 7.99. The van der Waals surface area contributed by atoms with Crippen molar-refractivity contribution in [2.24, 2.45) is 7.05 Å². The summed E-state index contributed by atoms with van der Waals surface area (Å²) in [6, 6.07) is 8.22. The van der Waals surface area contributed by atoms with E-state index in [1.807, 2.05) is 33.3 Å². The van der Waals surface area contributed by atoms with Crippen LogP contribution in [0.5, 0.6) is 0 Å². The van der Waals surface area contributed by atoms with Gasteiger partial charge in [0.25, 0.3) is 5.91 Å². The van der Waals surface area contributed by atoms with Crippen LogP contribution in [-0.4, -0.2) is 48.7 Å². The highest BCUT2D eigenvalue weighted by atomic mass is 16.3. The maximum atomic E-state index is 13.1. The molecule has 0 saturated carbocycles. The molecule has 1 aliphatic rings. The van der Waals surface area contributed by atoms with Gasteiger partial charge in [0.05, 0.1) is 12.1 Å². The number of benzene rings is 1. The monoisotopic (exact) mass is 380 g/mol. The summed E-state index contributed by atoms with van der Waals surface area (Å²) >= 11 is 0. The quantitative estimate of drug-likeness (QED) is 0.757. The maximum absolute atomic E-state index is 13.1. The SMILES string of the molecule is CCc1nccn1CC1(O)CCN(C(=O)c2cc3cc(C)ccc3n2C)CC1. The van der Waals surface area contributed by atoms with Gasteiger partial charge in [0.2, 0.25) is 0 Å². The summed E-state index contributed by atoms with van der Waals surface area (Å²) in [4.78, 5) is 19.3. The minimum Gasteiger partial charge on any atom is -0.388 e. The second-order valence-electron chi connectivity index (χ2n) is 7.99. The number of aliphatic hydroxyl groups is 1. The van der Waals surface area contributed by atoms with Gasteiger partial charge in [-0.05, 0) is 38.0 Å². The highest BCUT2D eigenvalue weighted by Crippen LogP contribution is 2.27. The van der Waals surface area contributed by atoms with Crippen molar-refractivity contribution in [1.82, 2.24) is 19.0 Å². The molecular weight excluding hydrogens is 352 g/mol. The normalized spacial score (nSPS) is 16.6. The van der Waals surface area contributed by atoms with E-state index in [2.05, 4.69) is 37.0 Å². The highest BCUT2D eigenvalue weighted by Gasteiger charge is 2.35. The first-order valence-electron chi connectivity index (χ1n) is 9.98. The van der Waals surface area contributed by atoms with Crippen LogP contribution in [0.1, 0.15) is 41.6 Å². The van der Waals surface area contributed by atoms with Gasteiger partial charge in [0.1, 0.15) is 11.5 Å². The summed E-state index contributed by atoms with van der Waals surface area (Å²) < 4.78 is 4.00. The molecule has 0 aliphatic carbocycles. The summed E-state index contributed by atoms with van der Waals surface area (Å²) in [7, 11) is 1.94. The van der Waals surface area contributed by atoms with Gasteiger partial charge in [-0.25, -0.2) is 4.98 Å². The number of carbonyl (C=O) groups excluding carboxylic acids is 1. The minimum absolute atomic E-state index is 0.0373. The zero-order chi connectivity index (χ0) is 19.9. The molecule has 0 radical (unpaired) electrons. The lowest BCUT2D eigenvalue weighted by Crippen LogP contribution is -2.49. The van der Waals surface area contributed by atoms with Gasteiger partial charge in [-0.2, -0.15) is 0 Å². The van der Waals surface area contributed by atoms with Gasteiger partial charge in [0, 0.05) is 49.9 Å². The maximum Gasteiger partial charge on any atom is 0.270 e. The number of hydrogen-bond acceptors (Lipinski definition) is 3. The number of carbonyl (C=O) groups is 1. The number of fused-ring (bicyclic) bond motifs is 1. The largest absolute Gasteiger partial charge is 0.388 e. The molecule has 3 heterocycles. The Labute approximate surface area is 165 Å². The lowest BCUT2D eigenvalue weighted by Gasteiger charge is -2.38. The molecule has 0 unspecified atom stereocenters. The lowest BCUT2D eigenvalue weighted by atomic mass is 9.91. The van der Waals surface area contributed by atoms with Crippen molar-refractivity contribution >= 4 is 16.8 Å². The number of aromatic nitrogens is 3. The summed E-state index contributed by atoms with van der Waals surface area (Å²) in [6.07, 6.45) is 5.69. The van der Waals surface area contributed by atoms with Crippen molar-refractivity contribution in [3.63, 3.8) is 0 Å². The standard InChI is InChI=1S/C22H28N4O2/c1-4-20-23-9-12-26(20)15-22(28)7-10-25(11-8-22)21(27)19-14-17-13-16(2)5-6-18(17)24(19)3/h5-6,9,12-14,28H,4,7-8,10-11,15H2,1-3H3. The van der Waals surface area contributed by atoms with Crippen molar-refractivity contribution in [3.8, 4) is 0 Å². The number of rotatable bonds is 4. The third-order valence-corrected chi connectivity index (χ3v) is 5.98. The molecule has 28 heavy (non-hydrogen) atoms. The van der Waals surface area contributed by atoms with Crippen molar-refractivity contribution in [2.45, 2.75) is 45.3 Å². The minimum atomic E-state index is -0.794. The van der Waals surface area contributed by atoms with Crippen LogP contribution in [0.25, 0.3) is 10.9 Å². The summed E-state index contributed by atoms with van der Waals surface area (Å²) in [5.74, 6) is 1.02. The van der Waals surface area contributed by atoms with E-state index in [1.165, 1.54) is 5.56 Å². The lowest BCUT2D eigenvalue weighted by molar-refractivity contribution is -0.0298. The Kier molecular flexibility index (Phi) is 4.75. The molecule has 0 atom stereocenters. The van der Waals surface area contributed by atoms with E-state index in [0.29, 0.717) is 38.2 Å². The fraction of sp³-hybridized carbons (Fsp3) is 0.455. The number of piperidine rings is 1. The molecule has 2 aromatic heterocycles. The van der Waals surface area contributed by atoms with E-state index in [-0.39, 0.29) is 5.91 Å².